The maximum absolute atomic E-state index is 12.0. The van der Waals surface area contributed by atoms with E-state index in [4.69, 9.17) is 14.2 Å². The molecular formula is C32H42NO6P. The predicted octanol–water partition coefficient (Wildman–Crippen LogP) is 5.77. The van der Waals surface area contributed by atoms with Crippen molar-refractivity contribution in [2.24, 2.45) is 0 Å². The van der Waals surface area contributed by atoms with Crippen molar-refractivity contribution in [3.05, 3.63) is 90.0 Å². The summed E-state index contributed by atoms with van der Waals surface area (Å²) < 4.78 is 29.5. The van der Waals surface area contributed by atoms with Gasteiger partial charge in [-0.05, 0) is 73.7 Å². The Morgan fingerprint density at radius 1 is 0.825 bits per heavy atom. The third kappa shape index (κ3) is 9.38. The number of nitrogens with one attached hydrogen (secondary N) is 1. The van der Waals surface area contributed by atoms with Crippen molar-refractivity contribution in [1.29, 1.82) is 0 Å². The average Bonchev–Trinajstić information content (AvgIpc) is 2.99. The van der Waals surface area contributed by atoms with E-state index in [1.54, 1.807) is 0 Å². The zero-order valence-corrected chi connectivity index (χ0v) is 24.3. The van der Waals surface area contributed by atoms with Gasteiger partial charge >= 0.3 is 0 Å². The largest absolute Gasteiger partial charge is 0.492 e. The van der Waals surface area contributed by atoms with Crippen LogP contribution in [0.25, 0.3) is 0 Å². The number of aliphatic hydroxyl groups is 1. The van der Waals surface area contributed by atoms with Gasteiger partial charge in [0.2, 0.25) is 0 Å². The summed E-state index contributed by atoms with van der Waals surface area (Å²) >= 11 is 0. The standard InChI is InChI=1S/C32H42NO6P/c1-25(20-26-10-12-31(13-11-26)39-24-32(40(35)36)18-6-3-7-19-32)33-21-28(34)23-38-30-16-14-29(15-17-30)37-22-27-8-4-2-5-9-27/h2,4-5,8-17,25,28,33-34,40H,3,6-7,18-24H2,1H3,(H,35,36). The lowest BCUT2D eigenvalue weighted by Gasteiger charge is -2.34. The molecule has 0 aromatic heterocycles. The minimum absolute atomic E-state index is 0.160. The van der Waals surface area contributed by atoms with Crippen LogP contribution in [-0.4, -0.2) is 47.1 Å². The third-order valence-corrected chi connectivity index (χ3v) is 9.01. The molecule has 0 aliphatic heterocycles. The SMILES string of the molecule is CC(Cc1ccc(OCC2([PH](=O)O)CCCCC2)cc1)NCC(O)COc1ccc(OCc2ccccc2)cc1. The smallest absolute Gasteiger partial charge is 0.198 e. The molecule has 0 spiro atoms. The van der Waals surface area contributed by atoms with Crippen LogP contribution in [-0.2, 0) is 17.6 Å². The molecule has 216 valence electrons. The van der Waals surface area contributed by atoms with Gasteiger partial charge in [-0.2, -0.15) is 0 Å². The van der Waals surface area contributed by atoms with Crippen molar-refractivity contribution < 1.29 is 28.8 Å². The average molecular weight is 568 g/mol. The Hall–Kier alpha value is -2.83. The van der Waals surface area contributed by atoms with Crippen LogP contribution >= 0.6 is 8.03 Å². The molecule has 3 aromatic rings. The van der Waals surface area contributed by atoms with Gasteiger partial charge in [0.05, 0.1) is 5.16 Å². The fraction of sp³-hybridized carbons (Fsp3) is 0.438. The van der Waals surface area contributed by atoms with E-state index >= 15 is 0 Å². The molecule has 8 heteroatoms. The van der Waals surface area contributed by atoms with Gasteiger partial charge in [-0.15, -0.1) is 0 Å². The van der Waals surface area contributed by atoms with Crippen LogP contribution in [0, 0.1) is 0 Å². The summed E-state index contributed by atoms with van der Waals surface area (Å²) in [7, 11) is -2.65. The van der Waals surface area contributed by atoms with Crippen LogP contribution in [0.5, 0.6) is 17.2 Å². The molecule has 7 nitrogen and oxygen atoms in total. The normalized spacial score (nSPS) is 17.0. The van der Waals surface area contributed by atoms with E-state index in [9.17, 15) is 14.6 Å². The fourth-order valence-electron chi connectivity index (χ4n) is 4.98. The van der Waals surface area contributed by atoms with E-state index in [1.807, 2.05) is 78.9 Å². The topological polar surface area (TPSA) is 97.3 Å². The Labute approximate surface area is 238 Å². The van der Waals surface area contributed by atoms with Crippen molar-refractivity contribution >= 4 is 8.03 Å². The molecule has 1 aliphatic rings. The first-order chi connectivity index (χ1) is 19.4. The molecule has 1 saturated carbocycles. The number of rotatable bonds is 15. The molecule has 3 unspecified atom stereocenters. The summed E-state index contributed by atoms with van der Waals surface area (Å²) in [5.41, 5.74) is 2.26. The Morgan fingerprint density at radius 3 is 2.08 bits per heavy atom. The summed E-state index contributed by atoms with van der Waals surface area (Å²) in [4.78, 5) is 9.92. The van der Waals surface area contributed by atoms with Gasteiger partial charge < -0.3 is 29.5 Å². The Morgan fingerprint density at radius 2 is 1.43 bits per heavy atom. The monoisotopic (exact) mass is 567 g/mol. The van der Waals surface area contributed by atoms with E-state index < -0.39 is 19.3 Å². The molecule has 0 bridgehead atoms. The second-order valence-corrected chi connectivity index (χ2v) is 12.5. The van der Waals surface area contributed by atoms with E-state index in [0.717, 1.165) is 61.2 Å². The highest BCUT2D eigenvalue weighted by molar-refractivity contribution is 7.40. The van der Waals surface area contributed by atoms with Gasteiger partial charge in [0.25, 0.3) is 0 Å². The quantitative estimate of drug-likeness (QED) is 0.201. The second kappa shape index (κ2) is 15.2. The first-order valence-electron chi connectivity index (χ1n) is 14.2. The molecule has 4 rings (SSSR count). The number of hydrogen-bond donors (Lipinski definition) is 3. The number of ether oxygens (including phenoxy) is 3. The summed E-state index contributed by atoms with van der Waals surface area (Å²) in [6.07, 6.45) is 4.78. The zero-order valence-electron chi connectivity index (χ0n) is 23.3. The highest BCUT2D eigenvalue weighted by Gasteiger charge is 2.38. The van der Waals surface area contributed by atoms with E-state index in [1.165, 1.54) is 0 Å². The summed E-state index contributed by atoms with van der Waals surface area (Å²) in [5, 5.41) is 13.2. The van der Waals surface area contributed by atoms with E-state index in [-0.39, 0.29) is 12.6 Å². The van der Waals surface area contributed by atoms with Gasteiger partial charge in [0.1, 0.15) is 43.2 Å². The molecule has 40 heavy (non-hydrogen) atoms. The van der Waals surface area contributed by atoms with Gasteiger partial charge in [0, 0.05) is 12.6 Å². The maximum Gasteiger partial charge on any atom is 0.198 e. The number of benzene rings is 3. The lowest BCUT2D eigenvalue weighted by atomic mass is 9.89. The highest BCUT2D eigenvalue weighted by atomic mass is 31.1. The number of hydrogen-bond acceptors (Lipinski definition) is 6. The summed E-state index contributed by atoms with van der Waals surface area (Å²) in [5.74, 6) is 2.17. The molecule has 0 saturated heterocycles. The van der Waals surface area contributed by atoms with Crippen LogP contribution in [0.3, 0.4) is 0 Å². The Kier molecular flexibility index (Phi) is 11.5. The minimum atomic E-state index is -2.65. The van der Waals surface area contributed by atoms with E-state index in [0.29, 0.717) is 25.5 Å². The van der Waals surface area contributed by atoms with Gasteiger partial charge in [0.15, 0.2) is 8.03 Å². The van der Waals surface area contributed by atoms with Crippen molar-refractivity contribution in [2.45, 2.75) is 69.4 Å². The zero-order chi connectivity index (χ0) is 28.2. The summed E-state index contributed by atoms with van der Waals surface area (Å²) in [6, 6.07) is 25.5. The van der Waals surface area contributed by atoms with Gasteiger partial charge in [-0.25, -0.2) is 0 Å². The Balaban J connectivity index is 1.13. The van der Waals surface area contributed by atoms with Crippen LogP contribution in [0.2, 0.25) is 0 Å². The molecule has 3 aromatic carbocycles. The van der Waals surface area contributed by atoms with Gasteiger partial charge in [-0.3, -0.25) is 4.57 Å². The number of aliphatic hydroxyl groups excluding tert-OH is 1. The second-order valence-electron chi connectivity index (χ2n) is 10.8. The molecule has 0 radical (unpaired) electrons. The maximum atomic E-state index is 12.0. The molecule has 1 fully saturated rings. The van der Waals surface area contributed by atoms with Crippen LogP contribution in [0.15, 0.2) is 78.9 Å². The molecule has 3 N–H and O–H groups in total. The van der Waals surface area contributed by atoms with Crippen molar-refractivity contribution in [1.82, 2.24) is 5.32 Å². The molecular weight excluding hydrogens is 525 g/mol. The van der Waals surface area contributed by atoms with Crippen molar-refractivity contribution in [3.63, 3.8) is 0 Å². The van der Waals surface area contributed by atoms with Gasteiger partial charge in [-0.1, -0.05) is 61.7 Å². The molecule has 0 heterocycles. The minimum Gasteiger partial charge on any atom is -0.492 e. The molecule has 0 amide bonds. The van der Waals surface area contributed by atoms with Crippen molar-refractivity contribution in [2.75, 3.05) is 19.8 Å². The van der Waals surface area contributed by atoms with Crippen LogP contribution in [0.1, 0.15) is 50.2 Å². The first-order valence-corrected chi connectivity index (χ1v) is 15.5. The first kappa shape index (κ1) is 30.1. The fourth-order valence-corrected chi connectivity index (χ4v) is 5.96. The van der Waals surface area contributed by atoms with Crippen LogP contribution < -0.4 is 19.5 Å². The highest BCUT2D eigenvalue weighted by Crippen LogP contribution is 2.46. The lowest BCUT2D eigenvalue weighted by molar-refractivity contribution is 0.104. The van der Waals surface area contributed by atoms with Crippen molar-refractivity contribution in [3.8, 4) is 17.2 Å². The third-order valence-electron chi connectivity index (χ3n) is 7.46. The van der Waals surface area contributed by atoms with Crippen LogP contribution in [0.4, 0.5) is 0 Å². The molecule has 3 atom stereocenters. The Bertz CT molecular complexity index is 1170. The predicted molar refractivity (Wildman–Crippen MR) is 159 cm³/mol. The van der Waals surface area contributed by atoms with E-state index in [2.05, 4.69) is 12.2 Å². The lowest BCUT2D eigenvalue weighted by Crippen LogP contribution is -2.37. The molecule has 1 aliphatic carbocycles. The summed E-state index contributed by atoms with van der Waals surface area (Å²) in [6.45, 7) is 3.50.